The van der Waals surface area contributed by atoms with Crippen LogP contribution in [0.5, 0.6) is 57.5 Å². The van der Waals surface area contributed by atoms with E-state index in [0.29, 0.717) is 105 Å². The van der Waals surface area contributed by atoms with Gasteiger partial charge in [-0.3, -0.25) is 4.79 Å². The highest BCUT2D eigenvalue weighted by molar-refractivity contribution is 6.01. The quantitative estimate of drug-likeness (QED) is 0.0280. The molecule has 0 aliphatic carbocycles. The first-order valence-electron chi connectivity index (χ1n) is 23.2. The number of ketones is 1. The van der Waals surface area contributed by atoms with E-state index in [1.165, 1.54) is 11.1 Å². The van der Waals surface area contributed by atoms with Crippen LogP contribution in [0.25, 0.3) is 0 Å². The Hall–Kier alpha value is -5.92. The van der Waals surface area contributed by atoms with E-state index in [4.69, 9.17) is 52.1 Å². The number of hydrogen-bond acceptors (Lipinski definition) is 13. The molecule has 71 heavy (non-hydrogen) atoms. The van der Waals surface area contributed by atoms with Crippen molar-refractivity contribution in [2.75, 3.05) is 118 Å². The topological polar surface area (TPSA) is 136 Å². The minimum absolute atomic E-state index is 0. The van der Waals surface area contributed by atoms with Crippen molar-refractivity contribution in [1.82, 2.24) is 0 Å². The Kier molecular flexibility index (Phi) is 21.1. The summed E-state index contributed by atoms with van der Waals surface area (Å²) in [7, 11) is 20.7. The third-order valence-electron chi connectivity index (χ3n) is 14.0. The molecule has 0 amide bonds. The number of carbonyl (C=O) groups is 2. The van der Waals surface area contributed by atoms with E-state index in [0.717, 1.165) is 48.2 Å². The van der Waals surface area contributed by atoms with Gasteiger partial charge in [-0.1, -0.05) is 0 Å². The normalized spacial score (nSPS) is 18.5. The molecule has 17 heteroatoms. The fourth-order valence-electron chi connectivity index (χ4n) is 10.2. The average molecular weight is 1030 g/mol. The first kappa shape index (κ1) is 57.7. The Morgan fingerprint density at radius 1 is 0.493 bits per heavy atom. The lowest BCUT2D eigenvalue weighted by molar-refractivity contribution is -0.941. The smallest absolute Gasteiger partial charge is 0.384 e. The van der Waals surface area contributed by atoms with Crippen LogP contribution in [0, 0.1) is 11.8 Å². The highest BCUT2D eigenvalue weighted by Gasteiger charge is 2.42. The van der Waals surface area contributed by atoms with Crippen molar-refractivity contribution < 1.29 is 95.5 Å². The summed E-state index contributed by atoms with van der Waals surface area (Å²) >= 11 is 0. The van der Waals surface area contributed by atoms with Crippen LogP contribution in [-0.4, -0.2) is 139 Å². The molecule has 0 unspecified atom stereocenters. The van der Waals surface area contributed by atoms with Crippen molar-refractivity contribution in [2.24, 2.45) is 0 Å². The van der Waals surface area contributed by atoms with Gasteiger partial charge in [0.25, 0.3) is 0 Å². The number of nitrogens with zero attached hydrogens (tertiary/aromatic N) is 2. The van der Waals surface area contributed by atoms with Gasteiger partial charge >= 0.3 is 5.97 Å². The molecule has 15 nitrogen and oxygen atoms in total. The number of quaternary nitrogens is 2. The van der Waals surface area contributed by atoms with Gasteiger partial charge in [0.1, 0.15) is 12.1 Å². The average Bonchev–Trinajstić information content (AvgIpc) is 3.37. The van der Waals surface area contributed by atoms with E-state index in [2.05, 4.69) is 50.2 Å². The molecule has 6 rings (SSSR count). The molecule has 0 saturated heterocycles. The number of hydrogen-bond donors (Lipinski definition) is 0. The van der Waals surface area contributed by atoms with Gasteiger partial charge in [0.05, 0.1) is 118 Å². The number of benzene rings is 4. The van der Waals surface area contributed by atoms with E-state index in [1.807, 2.05) is 24.3 Å². The van der Waals surface area contributed by atoms with E-state index in [-0.39, 0.29) is 55.7 Å². The van der Waals surface area contributed by atoms with E-state index < -0.39 is 5.97 Å². The summed E-state index contributed by atoms with van der Waals surface area (Å²) in [5, 5.41) is 0. The number of carbonyl (C=O) groups excluding carboxylic acids is 2. The van der Waals surface area contributed by atoms with Crippen molar-refractivity contribution in [1.29, 1.82) is 0 Å². The molecule has 0 aromatic heterocycles. The highest BCUT2D eigenvalue weighted by atomic mass is 35.5. The van der Waals surface area contributed by atoms with Gasteiger partial charge in [-0.15, -0.1) is 0 Å². The predicted octanol–water partition coefficient (Wildman–Crippen LogP) is 1.34. The Morgan fingerprint density at radius 3 is 1.23 bits per heavy atom. The van der Waals surface area contributed by atoms with Crippen molar-refractivity contribution >= 4 is 11.8 Å². The molecule has 4 aromatic carbocycles. The van der Waals surface area contributed by atoms with Crippen LogP contribution < -0.4 is 72.2 Å². The first-order valence-corrected chi connectivity index (χ1v) is 23.2. The zero-order valence-electron chi connectivity index (χ0n) is 43.2. The highest BCUT2D eigenvalue weighted by Crippen LogP contribution is 2.47. The maximum absolute atomic E-state index is 13.2. The van der Waals surface area contributed by atoms with Crippen LogP contribution in [0.4, 0.5) is 0 Å². The number of likely N-dealkylation sites (N-methyl/N-ethyl adjacent to an activating group) is 2. The summed E-state index contributed by atoms with van der Waals surface area (Å²) in [6.45, 7) is 3.25. The number of rotatable bonds is 22. The zero-order valence-corrected chi connectivity index (χ0v) is 44.7. The van der Waals surface area contributed by atoms with Gasteiger partial charge in [-0.25, -0.2) is 4.79 Å². The molecular formula is C54H70Cl2N2O13. The molecule has 0 saturated carbocycles. The number of methoxy groups -OCH3 is 10. The van der Waals surface area contributed by atoms with Gasteiger partial charge in [-0.2, -0.15) is 0 Å². The zero-order chi connectivity index (χ0) is 49.9. The van der Waals surface area contributed by atoms with Gasteiger partial charge in [0, 0.05) is 62.0 Å². The predicted molar refractivity (Wildman–Crippen MR) is 261 cm³/mol. The SMILES string of the molecule is COc1cc2c(cc1OC)[C@@H](Cc1cc(OC)c(OC)c(OC)c1)[N@+](C)(CCCOC(=O)C#CC(=O)CCC[N@+]1(C)CCc3cc(OC)c(OC)cc3[C@H]1Cc1cc(OC)c(OC)c(OC)c1)CC2.[Cl-].[Cl-]. The molecule has 0 fully saturated rings. The summed E-state index contributed by atoms with van der Waals surface area (Å²) in [6, 6.07) is 16.2. The first-order chi connectivity index (χ1) is 33.2. The number of fused-ring (bicyclic) bond motifs is 2. The van der Waals surface area contributed by atoms with Crippen LogP contribution >= 0.6 is 0 Å². The molecular weight excluding hydrogens is 956 g/mol. The molecule has 4 atom stereocenters. The van der Waals surface area contributed by atoms with E-state index >= 15 is 0 Å². The van der Waals surface area contributed by atoms with Crippen molar-refractivity contribution in [3.8, 4) is 69.3 Å². The second-order valence-electron chi connectivity index (χ2n) is 17.9. The fraction of sp³-hybridized carbons (Fsp3) is 0.481. The molecule has 2 aliphatic heterocycles. The van der Waals surface area contributed by atoms with Crippen molar-refractivity contribution in [3.63, 3.8) is 0 Å². The minimum Gasteiger partial charge on any atom is -1.00 e. The monoisotopic (exact) mass is 1020 g/mol. The van der Waals surface area contributed by atoms with Gasteiger partial charge in [-0.05, 0) is 76.7 Å². The maximum atomic E-state index is 13.2. The van der Waals surface area contributed by atoms with Crippen molar-refractivity contribution in [3.05, 3.63) is 81.9 Å². The molecule has 0 radical (unpaired) electrons. The third kappa shape index (κ3) is 13.0. The maximum Gasteiger partial charge on any atom is 0.384 e. The van der Waals surface area contributed by atoms with Crippen LogP contribution in [0.15, 0.2) is 48.5 Å². The van der Waals surface area contributed by atoms with E-state index in [9.17, 15) is 9.59 Å². The molecule has 0 spiro atoms. The summed E-state index contributed by atoms with van der Waals surface area (Å²) in [5.41, 5.74) is 6.72. The Labute approximate surface area is 431 Å². The molecule has 2 heterocycles. The third-order valence-corrected chi connectivity index (χ3v) is 14.0. The number of halogens is 2. The van der Waals surface area contributed by atoms with Crippen molar-refractivity contribution in [2.45, 2.75) is 57.0 Å². The van der Waals surface area contributed by atoms with Gasteiger partial charge in [0.15, 0.2) is 46.0 Å². The molecule has 2 aliphatic rings. The van der Waals surface area contributed by atoms with Crippen LogP contribution in [-0.2, 0) is 40.0 Å². The number of esters is 1. The molecule has 0 bridgehead atoms. The van der Waals surface area contributed by atoms with Crippen LogP contribution in [0.3, 0.4) is 0 Å². The summed E-state index contributed by atoms with van der Waals surface area (Å²) in [6.07, 6.45) is 4.31. The standard InChI is InChI=1S/C54H70N2O13.2ClH/c1-55(22-18-37-31-44(59-3)46(61-5)33-40(37)42(55)25-35-27-48(63-7)53(67-11)49(28-35)64-8)20-13-15-39(57)16-17-52(58)69-24-14-21-56(2)23-19-38-32-45(60-4)47(62-6)34-41(38)43(56)26-36-29-50(65-9)54(68-12)51(30-36)66-10;;/h27-34,42-43H,13-15,18-26H2,1-12H3;2*1H/q+2;;/p-2/t42-,43-,55-,56-;;/m1../s1. The van der Waals surface area contributed by atoms with Gasteiger partial charge in [0.2, 0.25) is 17.3 Å². The Bertz CT molecular complexity index is 2490. The Balaban J connectivity index is 0.00000548. The molecule has 4 aromatic rings. The van der Waals surface area contributed by atoms with Crippen LogP contribution in [0.2, 0.25) is 0 Å². The lowest BCUT2D eigenvalue weighted by Crippen LogP contribution is -3.00. The fourth-order valence-corrected chi connectivity index (χ4v) is 10.2. The summed E-state index contributed by atoms with van der Waals surface area (Å²) in [4.78, 5) is 26.1. The van der Waals surface area contributed by atoms with Gasteiger partial charge < -0.3 is 85.9 Å². The number of ether oxygens (including phenoxy) is 11. The van der Waals surface area contributed by atoms with E-state index in [1.54, 1.807) is 71.1 Å². The Morgan fingerprint density at radius 2 is 0.859 bits per heavy atom. The second-order valence-corrected chi connectivity index (χ2v) is 17.9. The molecule has 388 valence electrons. The summed E-state index contributed by atoms with van der Waals surface area (Å²) < 4.78 is 63.8. The molecule has 0 N–H and O–H groups in total. The minimum atomic E-state index is -0.720. The number of Topliss-reactive ketones (excluding diaryl/α,β-unsaturated/α-hetero) is 1. The summed E-state index contributed by atoms with van der Waals surface area (Å²) in [5.74, 6) is 10.1. The van der Waals surface area contributed by atoms with Crippen LogP contribution in [0.1, 0.15) is 64.7 Å². The largest absolute Gasteiger partial charge is 1.00 e. The lowest BCUT2D eigenvalue weighted by Gasteiger charge is -2.46. The lowest BCUT2D eigenvalue weighted by atomic mass is 9.86. The second kappa shape index (κ2) is 26.0.